The van der Waals surface area contributed by atoms with Crippen molar-refractivity contribution >= 4 is 11.9 Å². The molecule has 7 nitrogen and oxygen atoms in total. The number of aliphatic carboxylic acids is 1. The molecule has 2 aromatic rings. The fraction of sp³-hybridized carbons (Fsp3) is 0.412. The van der Waals surface area contributed by atoms with Crippen LogP contribution in [-0.2, 0) is 4.79 Å². The number of carbonyl (C=O) groups is 2. The van der Waals surface area contributed by atoms with Gasteiger partial charge in [-0.1, -0.05) is 17.3 Å². The van der Waals surface area contributed by atoms with Crippen molar-refractivity contribution in [3.05, 3.63) is 35.7 Å². The number of rotatable bonds is 4. The highest BCUT2D eigenvalue weighted by atomic mass is 16.5. The number of nitrogens with zero attached hydrogens (tertiary/aromatic N) is 2. The van der Waals surface area contributed by atoms with Crippen LogP contribution in [0.4, 0.5) is 0 Å². The zero-order valence-corrected chi connectivity index (χ0v) is 13.4. The van der Waals surface area contributed by atoms with Gasteiger partial charge in [0, 0.05) is 6.04 Å². The molecule has 1 heterocycles. The van der Waals surface area contributed by atoms with E-state index in [1.807, 2.05) is 6.07 Å². The summed E-state index contributed by atoms with van der Waals surface area (Å²) in [5, 5.41) is 15.8. The first-order valence-electron chi connectivity index (χ1n) is 7.98. The number of benzene rings is 1. The van der Waals surface area contributed by atoms with Gasteiger partial charge in [-0.05, 0) is 44.7 Å². The Labute approximate surface area is 139 Å². The van der Waals surface area contributed by atoms with Gasteiger partial charge in [0.1, 0.15) is 0 Å². The maximum Gasteiger partial charge on any atom is 0.306 e. The van der Waals surface area contributed by atoms with E-state index >= 15 is 0 Å². The Bertz CT molecular complexity index is 748. The molecule has 24 heavy (non-hydrogen) atoms. The fourth-order valence-corrected chi connectivity index (χ4v) is 3.02. The third-order valence-corrected chi connectivity index (χ3v) is 4.34. The second-order valence-corrected chi connectivity index (χ2v) is 6.05. The summed E-state index contributed by atoms with van der Waals surface area (Å²) in [6.45, 7) is 1.72. The summed E-state index contributed by atoms with van der Waals surface area (Å²) in [6, 6.07) is 7.06. The van der Waals surface area contributed by atoms with Gasteiger partial charge in [-0.25, -0.2) is 0 Å². The lowest BCUT2D eigenvalue weighted by molar-refractivity contribution is -0.142. The minimum atomic E-state index is -0.753. The number of carbonyl (C=O) groups excluding carboxylic acids is 1. The third kappa shape index (κ3) is 3.45. The molecular weight excluding hydrogens is 310 g/mol. The van der Waals surface area contributed by atoms with Gasteiger partial charge in [0.25, 0.3) is 11.8 Å². The number of carboxylic acid groups (broad SMARTS) is 1. The summed E-state index contributed by atoms with van der Waals surface area (Å²) < 4.78 is 5.17. The van der Waals surface area contributed by atoms with E-state index in [4.69, 9.17) is 9.63 Å². The molecule has 3 rings (SSSR count). The molecule has 1 aromatic carbocycles. The minimum Gasteiger partial charge on any atom is -0.481 e. The van der Waals surface area contributed by atoms with Gasteiger partial charge in [0.2, 0.25) is 0 Å². The molecule has 0 bridgehead atoms. The van der Waals surface area contributed by atoms with Gasteiger partial charge in [-0.3, -0.25) is 9.59 Å². The number of aryl methyl sites for hydroxylation is 1. The van der Waals surface area contributed by atoms with E-state index in [1.54, 1.807) is 25.1 Å². The monoisotopic (exact) mass is 329 g/mol. The number of hydrogen-bond acceptors (Lipinski definition) is 5. The first-order chi connectivity index (χ1) is 11.5. The number of carboxylic acids is 1. The Hall–Kier alpha value is -2.70. The average Bonchev–Trinajstić information content (AvgIpc) is 3.01. The summed E-state index contributed by atoms with van der Waals surface area (Å²) in [6.07, 6.45) is 2.52. The van der Waals surface area contributed by atoms with Crippen molar-refractivity contribution in [2.24, 2.45) is 5.92 Å². The summed E-state index contributed by atoms with van der Waals surface area (Å²) >= 11 is 0. The van der Waals surface area contributed by atoms with Crippen LogP contribution in [0, 0.1) is 12.8 Å². The summed E-state index contributed by atoms with van der Waals surface area (Å²) in [7, 11) is 0. The van der Waals surface area contributed by atoms with Crippen LogP contribution in [0.3, 0.4) is 0 Å². The second-order valence-electron chi connectivity index (χ2n) is 6.05. The lowest BCUT2D eigenvalue weighted by atomic mass is 9.86. The van der Waals surface area contributed by atoms with Crippen LogP contribution in [0.25, 0.3) is 11.5 Å². The smallest absolute Gasteiger partial charge is 0.306 e. The van der Waals surface area contributed by atoms with Gasteiger partial charge in [-0.2, -0.15) is 4.98 Å². The van der Waals surface area contributed by atoms with Crippen LogP contribution < -0.4 is 5.32 Å². The van der Waals surface area contributed by atoms with Crippen LogP contribution in [-0.4, -0.2) is 33.2 Å². The summed E-state index contributed by atoms with van der Waals surface area (Å²) in [4.78, 5) is 27.8. The van der Waals surface area contributed by atoms with Crippen LogP contribution >= 0.6 is 0 Å². The van der Waals surface area contributed by atoms with Crippen molar-refractivity contribution in [1.82, 2.24) is 15.5 Å². The maximum atomic E-state index is 12.6. The van der Waals surface area contributed by atoms with Gasteiger partial charge in [0.15, 0.2) is 5.82 Å². The molecule has 1 fully saturated rings. The number of nitrogens with one attached hydrogen (secondary N) is 1. The molecule has 0 aliphatic heterocycles. The van der Waals surface area contributed by atoms with Crippen LogP contribution in [0.15, 0.2) is 28.8 Å². The first-order valence-corrected chi connectivity index (χ1v) is 7.98. The Morgan fingerprint density at radius 3 is 2.54 bits per heavy atom. The molecule has 0 spiro atoms. The maximum absolute atomic E-state index is 12.6. The van der Waals surface area contributed by atoms with Gasteiger partial charge < -0.3 is 14.9 Å². The lowest BCUT2D eigenvalue weighted by Gasteiger charge is -2.27. The predicted molar refractivity (Wildman–Crippen MR) is 85.3 cm³/mol. The highest BCUT2D eigenvalue weighted by molar-refractivity contribution is 6.00. The molecule has 0 saturated heterocycles. The first kappa shape index (κ1) is 16.2. The molecule has 1 saturated carbocycles. The molecule has 1 aliphatic rings. The van der Waals surface area contributed by atoms with Crippen molar-refractivity contribution in [3.8, 4) is 11.5 Å². The molecule has 1 amide bonds. The normalized spacial score (nSPS) is 20.5. The van der Waals surface area contributed by atoms with Crippen molar-refractivity contribution in [2.75, 3.05) is 0 Å². The minimum absolute atomic E-state index is 0.00872. The molecule has 0 radical (unpaired) electrons. The van der Waals surface area contributed by atoms with Crippen molar-refractivity contribution in [3.63, 3.8) is 0 Å². The van der Waals surface area contributed by atoms with Gasteiger partial charge >= 0.3 is 5.97 Å². The zero-order valence-electron chi connectivity index (χ0n) is 13.4. The van der Waals surface area contributed by atoms with Crippen LogP contribution in [0.5, 0.6) is 0 Å². The predicted octanol–water partition coefficient (Wildman–Crippen LogP) is 2.42. The average molecular weight is 329 g/mol. The Morgan fingerprint density at radius 2 is 1.92 bits per heavy atom. The molecule has 0 atom stereocenters. The molecule has 0 unspecified atom stereocenters. The Kier molecular flexibility index (Phi) is 4.59. The van der Waals surface area contributed by atoms with E-state index < -0.39 is 5.97 Å². The Morgan fingerprint density at radius 1 is 1.21 bits per heavy atom. The van der Waals surface area contributed by atoms with Gasteiger partial charge in [0.05, 0.1) is 17.0 Å². The van der Waals surface area contributed by atoms with Gasteiger partial charge in [-0.15, -0.1) is 0 Å². The topological polar surface area (TPSA) is 105 Å². The van der Waals surface area contributed by atoms with Crippen molar-refractivity contribution < 1.29 is 19.2 Å². The summed E-state index contributed by atoms with van der Waals surface area (Å²) in [5.74, 6) is -0.441. The quantitative estimate of drug-likeness (QED) is 0.892. The van der Waals surface area contributed by atoms with E-state index in [0.29, 0.717) is 48.5 Å². The second kappa shape index (κ2) is 6.82. The molecule has 126 valence electrons. The van der Waals surface area contributed by atoms with Crippen molar-refractivity contribution in [1.29, 1.82) is 0 Å². The summed E-state index contributed by atoms with van der Waals surface area (Å²) in [5.41, 5.74) is 1.07. The van der Waals surface area contributed by atoms with Crippen LogP contribution in [0.2, 0.25) is 0 Å². The molecule has 2 N–H and O–H groups in total. The standard InChI is InChI=1S/C17H19N3O4/c1-10-18-16(24-20-10)14-5-3-2-4-13(14)15(21)19-12-8-6-11(7-9-12)17(22)23/h2-5,11-12H,6-9H2,1H3,(H,19,21)(H,22,23). The van der Waals surface area contributed by atoms with E-state index in [9.17, 15) is 9.59 Å². The highest BCUT2D eigenvalue weighted by Crippen LogP contribution is 2.26. The third-order valence-electron chi connectivity index (χ3n) is 4.34. The molecule has 1 aliphatic carbocycles. The number of hydrogen-bond donors (Lipinski definition) is 2. The van der Waals surface area contributed by atoms with Crippen molar-refractivity contribution in [2.45, 2.75) is 38.6 Å². The zero-order chi connectivity index (χ0) is 17.1. The molecule has 7 heteroatoms. The van der Waals surface area contributed by atoms with E-state index in [-0.39, 0.29) is 17.9 Å². The van der Waals surface area contributed by atoms with E-state index in [0.717, 1.165) is 0 Å². The molecule has 1 aromatic heterocycles. The lowest BCUT2D eigenvalue weighted by Crippen LogP contribution is -2.38. The Balaban J connectivity index is 1.71. The van der Waals surface area contributed by atoms with E-state index in [1.165, 1.54) is 0 Å². The van der Waals surface area contributed by atoms with E-state index in [2.05, 4.69) is 15.5 Å². The fourth-order valence-electron chi connectivity index (χ4n) is 3.02. The number of aromatic nitrogens is 2. The van der Waals surface area contributed by atoms with Crippen LogP contribution in [0.1, 0.15) is 41.9 Å². The molecular formula is C17H19N3O4. The highest BCUT2D eigenvalue weighted by Gasteiger charge is 2.27. The number of amides is 1. The SMILES string of the molecule is Cc1noc(-c2ccccc2C(=O)NC2CCC(C(=O)O)CC2)n1. The largest absolute Gasteiger partial charge is 0.481 e.